The molecule has 20 heavy (non-hydrogen) atoms. The Morgan fingerprint density at radius 3 is 3.05 bits per heavy atom. The van der Waals surface area contributed by atoms with Crippen LogP contribution in [0.4, 0.5) is 0 Å². The highest BCUT2D eigenvalue weighted by Gasteiger charge is 2.13. The maximum Gasteiger partial charge on any atom is 0.231 e. The molecule has 2 aliphatic rings. The van der Waals surface area contributed by atoms with E-state index in [1.165, 1.54) is 0 Å². The summed E-state index contributed by atoms with van der Waals surface area (Å²) in [5.41, 5.74) is 0. The molecule has 0 bridgehead atoms. The Kier molecular flexibility index (Phi) is 5.57. The van der Waals surface area contributed by atoms with Crippen LogP contribution in [0.2, 0.25) is 0 Å². The summed E-state index contributed by atoms with van der Waals surface area (Å²) in [6, 6.07) is 5.58. The van der Waals surface area contributed by atoms with Crippen LogP contribution >= 0.6 is 24.0 Å². The van der Waals surface area contributed by atoms with Crippen LogP contribution in [0.1, 0.15) is 6.42 Å². The van der Waals surface area contributed by atoms with Crippen molar-refractivity contribution < 1.29 is 14.2 Å². The van der Waals surface area contributed by atoms with E-state index < -0.39 is 0 Å². The molecule has 0 spiro atoms. The zero-order valence-corrected chi connectivity index (χ0v) is 13.4. The van der Waals surface area contributed by atoms with Gasteiger partial charge in [-0.15, -0.1) is 24.0 Å². The molecule has 2 heterocycles. The number of rotatable bonds is 4. The molecule has 0 aromatic heterocycles. The summed E-state index contributed by atoms with van der Waals surface area (Å²) in [4.78, 5) is 4.32. The molecule has 0 fully saturated rings. The van der Waals surface area contributed by atoms with Gasteiger partial charge in [0.25, 0.3) is 0 Å². The third-order valence-electron chi connectivity index (χ3n) is 2.90. The standard InChI is InChI=1S/C13H17N3O3.HI/c1-4-14-13(15-5-1)16-6-7-17-10-2-3-11-12(8-10)19-9-18-11;/h2-3,8H,1,4-7,9H2,(H2,14,15,16);1H. The molecule has 6 nitrogen and oxygen atoms in total. The molecular weight excluding hydrogens is 373 g/mol. The van der Waals surface area contributed by atoms with Crippen LogP contribution in [0.3, 0.4) is 0 Å². The van der Waals surface area contributed by atoms with Gasteiger partial charge in [0.15, 0.2) is 17.5 Å². The summed E-state index contributed by atoms with van der Waals surface area (Å²) in [6.45, 7) is 3.43. The van der Waals surface area contributed by atoms with Gasteiger partial charge in [-0.25, -0.2) is 0 Å². The van der Waals surface area contributed by atoms with Crippen LogP contribution < -0.4 is 24.8 Å². The predicted molar refractivity (Wildman–Crippen MR) is 86.4 cm³/mol. The van der Waals surface area contributed by atoms with Crippen LogP contribution in [-0.2, 0) is 0 Å². The second-order valence-electron chi connectivity index (χ2n) is 4.30. The Hall–Kier alpha value is -1.38. The Morgan fingerprint density at radius 1 is 1.30 bits per heavy atom. The van der Waals surface area contributed by atoms with Gasteiger partial charge in [-0.05, 0) is 18.6 Å². The smallest absolute Gasteiger partial charge is 0.231 e. The number of aliphatic imine (C=N–C) groups is 1. The molecule has 7 heteroatoms. The van der Waals surface area contributed by atoms with E-state index >= 15 is 0 Å². The average molecular weight is 391 g/mol. The quantitative estimate of drug-likeness (QED) is 0.600. The number of nitrogens with zero attached hydrogens (tertiary/aromatic N) is 1. The first kappa shape index (κ1) is 15.0. The molecule has 1 aromatic carbocycles. The van der Waals surface area contributed by atoms with Crippen LogP contribution in [0.25, 0.3) is 0 Å². The fourth-order valence-corrected chi connectivity index (χ4v) is 1.96. The van der Waals surface area contributed by atoms with Crippen molar-refractivity contribution in [3.05, 3.63) is 18.2 Å². The number of fused-ring (bicyclic) bond motifs is 1. The van der Waals surface area contributed by atoms with Crippen molar-refractivity contribution in [3.8, 4) is 17.2 Å². The number of hydrogen-bond donors (Lipinski definition) is 2. The van der Waals surface area contributed by atoms with Crippen molar-refractivity contribution >= 4 is 29.9 Å². The van der Waals surface area contributed by atoms with Gasteiger partial charge in [0.2, 0.25) is 6.79 Å². The van der Waals surface area contributed by atoms with E-state index in [2.05, 4.69) is 15.6 Å². The lowest BCUT2D eigenvalue weighted by Crippen LogP contribution is -2.42. The van der Waals surface area contributed by atoms with Crippen molar-refractivity contribution in [2.45, 2.75) is 6.42 Å². The predicted octanol–water partition coefficient (Wildman–Crippen LogP) is 1.35. The number of ether oxygens (including phenoxy) is 3. The Labute approximate surface area is 134 Å². The number of halogens is 1. The number of guanidine groups is 1. The lowest BCUT2D eigenvalue weighted by molar-refractivity contribution is 0.173. The summed E-state index contributed by atoms with van der Waals surface area (Å²) in [5, 5.41) is 6.40. The van der Waals surface area contributed by atoms with Gasteiger partial charge in [0.1, 0.15) is 12.4 Å². The highest BCUT2D eigenvalue weighted by atomic mass is 127. The normalized spacial score (nSPS) is 15.7. The molecule has 3 rings (SSSR count). The summed E-state index contributed by atoms with van der Waals surface area (Å²) < 4.78 is 16.2. The minimum Gasteiger partial charge on any atom is -0.492 e. The van der Waals surface area contributed by atoms with Gasteiger partial charge < -0.3 is 24.8 Å². The molecule has 0 radical (unpaired) electrons. The van der Waals surface area contributed by atoms with Gasteiger partial charge in [-0.3, -0.25) is 4.99 Å². The Morgan fingerprint density at radius 2 is 2.20 bits per heavy atom. The van der Waals surface area contributed by atoms with Crippen molar-refractivity contribution in [3.63, 3.8) is 0 Å². The van der Waals surface area contributed by atoms with Gasteiger partial charge in [0, 0.05) is 19.2 Å². The van der Waals surface area contributed by atoms with Gasteiger partial charge in [-0.2, -0.15) is 0 Å². The van der Waals surface area contributed by atoms with Crippen molar-refractivity contribution in [2.24, 2.45) is 4.99 Å². The molecule has 0 saturated heterocycles. The van der Waals surface area contributed by atoms with E-state index in [1.54, 1.807) is 0 Å². The van der Waals surface area contributed by atoms with Crippen LogP contribution in [0.15, 0.2) is 23.2 Å². The first-order chi connectivity index (χ1) is 9.42. The lowest BCUT2D eigenvalue weighted by Gasteiger charge is -2.16. The average Bonchev–Trinajstić information content (AvgIpc) is 2.92. The number of hydrogen-bond acceptors (Lipinski definition) is 6. The molecule has 2 aliphatic heterocycles. The van der Waals surface area contributed by atoms with Gasteiger partial charge >= 0.3 is 0 Å². The van der Waals surface area contributed by atoms with Crippen LogP contribution in [-0.4, -0.2) is 39.0 Å². The largest absolute Gasteiger partial charge is 0.492 e. The van der Waals surface area contributed by atoms with Crippen molar-refractivity contribution in [1.82, 2.24) is 10.6 Å². The lowest BCUT2D eigenvalue weighted by atomic mass is 10.3. The molecule has 110 valence electrons. The fourth-order valence-electron chi connectivity index (χ4n) is 1.96. The maximum absolute atomic E-state index is 5.64. The summed E-state index contributed by atoms with van der Waals surface area (Å²) in [6.07, 6.45) is 1.10. The van der Waals surface area contributed by atoms with E-state index in [0.29, 0.717) is 13.2 Å². The number of nitrogens with one attached hydrogen (secondary N) is 2. The highest BCUT2D eigenvalue weighted by Crippen LogP contribution is 2.34. The van der Waals surface area contributed by atoms with Crippen LogP contribution in [0, 0.1) is 0 Å². The van der Waals surface area contributed by atoms with Crippen molar-refractivity contribution in [1.29, 1.82) is 0 Å². The Bertz CT molecular complexity index is 482. The molecule has 0 saturated carbocycles. The van der Waals surface area contributed by atoms with E-state index in [9.17, 15) is 0 Å². The minimum atomic E-state index is 0. The topological polar surface area (TPSA) is 64.1 Å². The third-order valence-corrected chi connectivity index (χ3v) is 2.90. The first-order valence-corrected chi connectivity index (χ1v) is 6.46. The second kappa shape index (κ2) is 7.41. The molecule has 2 N–H and O–H groups in total. The summed E-state index contributed by atoms with van der Waals surface area (Å²) in [5.74, 6) is 3.15. The maximum atomic E-state index is 5.64. The molecule has 0 aliphatic carbocycles. The summed E-state index contributed by atoms with van der Waals surface area (Å²) in [7, 11) is 0. The molecule has 0 atom stereocenters. The fraction of sp³-hybridized carbons (Fsp3) is 0.462. The zero-order chi connectivity index (χ0) is 12.9. The van der Waals surface area contributed by atoms with Gasteiger partial charge in [-0.1, -0.05) is 0 Å². The summed E-state index contributed by atoms with van der Waals surface area (Å²) >= 11 is 0. The van der Waals surface area contributed by atoms with Crippen LogP contribution in [0.5, 0.6) is 17.2 Å². The van der Waals surface area contributed by atoms with E-state index in [1.807, 2.05) is 18.2 Å². The van der Waals surface area contributed by atoms with E-state index in [4.69, 9.17) is 14.2 Å². The molecule has 0 unspecified atom stereocenters. The molecular formula is C13H18IN3O3. The van der Waals surface area contributed by atoms with E-state index in [0.717, 1.165) is 42.7 Å². The second-order valence-corrected chi connectivity index (χ2v) is 4.30. The monoisotopic (exact) mass is 391 g/mol. The third kappa shape index (κ3) is 3.81. The molecule has 0 amide bonds. The van der Waals surface area contributed by atoms with Gasteiger partial charge in [0.05, 0.1) is 6.54 Å². The van der Waals surface area contributed by atoms with E-state index in [-0.39, 0.29) is 30.8 Å². The minimum absolute atomic E-state index is 0. The number of benzene rings is 1. The first-order valence-electron chi connectivity index (χ1n) is 6.46. The Balaban J connectivity index is 0.00000147. The zero-order valence-electron chi connectivity index (χ0n) is 11.1. The molecule has 1 aromatic rings. The van der Waals surface area contributed by atoms with Crippen molar-refractivity contribution in [2.75, 3.05) is 33.0 Å². The SMILES string of the molecule is I.c1cc2c(cc1OCCNC1=NCCCN1)OCO2. The highest BCUT2D eigenvalue weighted by molar-refractivity contribution is 14.0.